The number of carbonyl (C=O) groups excluding carboxylic acids is 2. The van der Waals surface area contributed by atoms with Gasteiger partial charge in [-0.05, 0) is 89.9 Å². The second kappa shape index (κ2) is 74.2. The van der Waals surface area contributed by atoms with Gasteiger partial charge in [0.25, 0.3) is 0 Å². The minimum absolute atomic E-state index is 0.0320. The Balaban J connectivity index is 3.90. The SMILES string of the molecule is CC/C=C\C/C=C\C/C=C\C/C=C\CCCCCCCCCCCCCCCCCCCCCCCCCCCCCCC(=O)OC(COC(=O)CCCCCCCCCCCCCCCCCC/C=C\C/C=C\C/C=C\C/C=C\CC)COP(=O)(O)OCC[N+](C)(C)C. The molecule has 2 unspecified atom stereocenters. The Morgan fingerprint density at radius 3 is 0.851 bits per heavy atom. The molecule has 0 heterocycles. The van der Waals surface area contributed by atoms with Gasteiger partial charge in [0.2, 0.25) is 0 Å². The van der Waals surface area contributed by atoms with Crippen molar-refractivity contribution in [1.82, 2.24) is 0 Å². The van der Waals surface area contributed by atoms with E-state index in [1.165, 1.54) is 257 Å². The first kappa shape index (κ1) is 90.9. The second-order valence-electron chi connectivity index (χ2n) is 28.0. The number of rotatable bonds is 74. The maximum atomic E-state index is 12.9. The van der Waals surface area contributed by atoms with E-state index in [2.05, 4.69) is 111 Å². The summed E-state index contributed by atoms with van der Waals surface area (Å²) < 4.78 is 34.8. The van der Waals surface area contributed by atoms with Crippen LogP contribution in [-0.2, 0) is 32.7 Å². The summed E-state index contributed by atoms with van der Waals surface area (Å²) in [7, 11) is 1.49. The van der Waals surface area contributed by atoms with Crippen molar-refractivity contribution in [3.05, 3.63) is 97.2 Å². The molecule has 546 valence electrons. The van der Waals surface area contributed by atoms with E-state index in [1.54, 1.807) is 0 Å². The molecule has 0 aromatic heterocycles. The third-order valence-electron chi connectivity index (χ3n) is 17.6. The fourth-order valence-electron chi connectivity index (χ4n) is 11.6. The molecule has 0 saturated heterocycles. The van der Waals surface area contributed by atoms with Gasteiger partial charge >= 0.3 is 19.8 Å². The van der Waals surface area contributed by atoms with E-state index in [0.717, 1.165) is 83.5 Å². The van der Waals surface area contributed by atoms with Crippen LogP contribution in [0.1, 0.15) is 373 Å². The van der Waals surface area contributed by atoms with E-state index in [4.69, 9.17) is 18.5 Å². The molecule has 0 aromatic carbocycles. The van der Waals surface area contributed by atoms with Gasteiger partial charge in [-0.1, -0.05) is 368 Å². The summed E-state index contributed by atoms with van der Waals surface area (Å²) in [5, 5.41) is 0. The summed E-state index contributed by atoms with van der Waals surface area (Å²) in [4.78, 5) is 36.0. The largest absolute Gasteiger partial charge is 0.472 e. The Morgan fingerprint density at radius 1 is 0.330 bits per heavy atom. The highest BCUT2D eigenvalue weighted by atomic mass is 31.2. The number of esters is 2. The molecular formula is C84H153NO8P+. The number of phosphoric acid groups is 1. The highest BCUT2D eigenvalue weighted by molar-refractivity contribution is 7.47. The highest BCUT2D eigenvalue weighted by Crippen LogP contribution is 2.43. The predicted octanol–water partition coefficient (Wildman–Crippen LogP) is 26.6. The van der Waals surface area contributed by atoms with E-state index in [-0.39, 0.29) is 32.0 Å². The topological polar surface area (TPSA) is 108 Å². The molecule has 94 heavy (non-hydrogen) atoms. The zero-order valence-corrected chi connectivity index (χ0v) is 63.3. The van der Waals surface area contributed by atoms with Gasteiger partial charge in [-0.15, -0.1) is 0 Å². The molecule has 0 bridgehead atoms. The molecule has 9 nitrogen and oxygen atoms in total. The number of nitrogens with zero attached hydrogens (tertiary/aromatic N) is 1. The standard InChI is InChI=1S/C84H152NO8P/c1-6-8-10-12-14-16-18-20-22-24-26-28-30-32-34-36-37-38-39-40-41-42-43-44-45-46-47-49-51-53-55-57-59-61-63-65-67-69-71-73-75-77-84(87)93-82(81-92-94(88,89)91-79-78-85(3,4)5)80-90-83(86)76-74-72-70-68-66-64-62-60-58-56-54-52-50-48-35-33-31-29-27-25-23-21-19-17-15-13-11-9-7-2/h8-11,14-17,20-23,26-29,82H,6-7,12-13,18-19,24-25,30-81H2,1-5H3/p+1/b10-8-,11-9-,16-14-,17-15-,22-20-,23-21-,28-26-,29-27-. The highest BCUT2D eigenvalue weighted by Gasteiger charge is 2.27. The Hall–Kier alpha value is -3.07. The van der Waals surface area contributed by atoms with E-state index in [1.807, 2.05) is 21.1 Å². The molecule has 0 aliphatic heterocycles. The van der Waals surface area contributed by atoms with E-state index in [0.29, 0.717) is 17.4 Å². The molecule has 0 aliphatic rings. The summed E-state index contributed by atoms with van der Waals surface area (Å²) in [5.41, 5.74) is 0. The number of phosphoric ester groups is 1. The quantitative estimate of drug-likeness (QED) is 0.0211. The number of hydrogen-bond acceptors (Lipinski definition) is 7. The Kier molecular flexibility index (Phi) is 71.7. The Bertz CT molecular complexity index is 1910. The van der Waals surface area contributed by atoms with Crippen LogP contribution in [0.2, 0.25) is 0 Å². The normalized spacial score (nSPS) is 13.6. The maximum absolute atomic E-state index is 12.9. The lowest BCUT2D eigenvalue weighted by molar-refractivity contribution is -0.870. The monoisotopic (exact) mass is 1340 g/mol. The van der Waals surface area contributed by atoms with Crippen molar-refractivity contribution in [2.45, 2.75) is 380 Å². The zero-order valence-electron chi connectivity index (χ0n) is 62.4. The van der Waals surface area contributed by atoms with Gasteiger partial charge in [0.1, 0.15) is 19.8 Å². The van der Waals surface area contributed by atoms with Gasteiger partial charge in [0.15, 0.2) is 6.10 Å². The van der Waals surface area contributed by atoms with Crippen LogP contribution in [-0.4, -0.2) is 74.9 Å². The summed E-state index contributed by atoms with van der Waals surface area (Å²) in [5.74, 6) is -0.780. The molecule has 10 heteroatoms. The predicted molar refractivity (Wildman–Crippen MR) is 408 cm³/mol. The third kappa shape index (κ3) is 77.9. The number of allylic oxidation sites excluding steroid dienone is 16. The number of ether oxygens (including phenoxy) is 2. The maximum Gasteiger partial charge on any atom is 0.472 e. The van der Waals surface area contributed by atoms with Gasteiger partial charge < -0.3 is 18.9 Å². The molecule has 1 N–H and O–H groups in total. The molecule has 0 radical (unpaired) electrons. The fraction of sp³-hybridized carbons (Fsp3) is 0.786. The molecule has 0 amide bonds. The first-order chi connectivity index (χ1) is 46.0. The molecule has 0 rings (SSSR count). The van der Waals surface area contributed by atoms with Crippen LogP contribution in [0.3, 0.4) is 0 Å². The lowest BCUT2D eigenvalue weighted by Crippen LogP contribution is -2.37. The number of likely N-dealkylation sites (N-methyl/N-ethyl adjacent to an activating group) is 1. The first-order valence-corrected chi connectivity index (χ1v) is 41.5. The fourth-order valence-corrected chi connectivity index (χ4v) is 12.3. The van der Waals surface area contributed by atoms with E-state index in [9.17, 15) is 19.0 Å². The molecule has 0 spiro atoms. The minimum atomic E-state index is -4.40. The molecule has 0 aromatic rings. The van der Waals surface area contributed by atoms with Crippen molar-refractivity contribution in [3.63, 3.8) is 0 Å². The average Bonchev–Trinajstić information content (AvgIpc) is 1.57. The van der Waals surface area contributed by atoms with Crippen molar-refractivity contribution < 1.29 is 42.1 Å². The summed E-state index contributed by atoms with van der Waals surface area (Å²) in [6.45, 7) is 4.26. The van der Waals surface area contributed by atoms with Crippen molar-refractivity contribution in [2.75, 3.05) is 47.5 Å². The van der Waals surface area contributed by atoms with Gasteiger partial charge in [-0.2, -0.15) is 0 Å². The molecule has 2 atom stereocenters. The van der Waals surface area contributed by atoms with Crippen molar-refractivity contribution in [1.29, 1.82) is 0 Å². The molecular weight excluding hydrogens is 1180 g/mol. The van der Waals surface area contributed by atoms with E-state index >= 15 is 0 Å². The number of carbonyl (C=O) groups is 2. The summed E-state index contributed by atoms with van der Waals surface area (Å²) in [6, 6.07) is 0. The third-order valence-corrected chi connectivity index (χ3v) is 18.6. The van der Waals surface area contributed by atoms with Gasteiger partial charge in [-0.25, -0.2) is 4.57 Å². The summed E-state index contributed by atoms with van der Waals surface area (Å²) in [6.07, 6.45) is 104. The number of quaternary nitrogens is 1. The van der Waals surface area contributed by atoms with Crippen LogP contribution >= 0.6 is 7.82 Å². The van der Waals surface area contributed by atoms with Crippen LogP contribution < -0.4 is 0 Å². The summed E-state index contributed by atoms with van der Waals surface area (Å²) >= 11 is 0. The smallest absolute Gasteiger partial charge is 0.462 e. The first-order valence-electron chi connectivity index (χ1n) is 40.0. The molecule has 0 aliphatic carbocycles. The Labute approximate surface area is 583 Å². The van der Waals surface area contributed by atoms with Gasteiger partial charge in [0, 0.05) is 12.8 Å². The van der Waals surface area contributed by atoms with Crippen molar-refractivity contribution in [2.24, 2.45) is 0 Å². The average molecular weight is 1340 g/mol. The van der Waals surface area contributed by atoms with Crippen LogP contribution in [0.4, 0.5) is 0 Å². The molecule has 0 fully saturated rings. The van der Waals surface area contributed by atoms with Gasteiger partial charge in [-0.3, -0.25) is 18.6 Å². The lowest BCUT2D eigenvalue weighted by Gasteiger charge is -2.24. The lowest BCUT2D eigenvalue weighted by atomic mass is 10.0. The second-order valence-corrected chi connectivity index (χ2v) is 29.5. The van der Waals surface area contributed by atoms with Crippen LogP contribution in [0.5, 0.6) is 0 Å². The van der Waals surface area contributed by atoms with Crippen LogP contribution in [0.25, 0.3) is 0 Å². The Morgan fingerprint density at radius 2 is 0.574 bits per heavy atom. The van der Waals surface area contributed by atoms with Crippen LogP contribution in [0.15, 0.2) is 97.2 Å². The number of unbranched alkanes of at least 4 members (excludes halogenated alkanes) is 44. The van der Waals surface area contributed by atoms with Crippen LogP contribution in [0, 0.1) is 0 Å². The zero-order chi connectivity index (χ0) is 68.3. The minimum Gasteiger partial charge on any atom is -0.462 e. The van der Waals surface area contributed by atoms with Crippen molar-refractivity contribution >= 4 is 19.8 Å². The molecule has 0 saturated carbocycles. The van der Waals surface area contributed by atoms with E-state index < -0.39 is 26.5 Å². The van der Waals surface area contributed by atoms with Crippen molar-refractivity contribution in [3.8, 4) is 0 Å². The number of hydrogen-bond donors (Lipinski definition) is 1. The van der Waals surface area contributed by atoms with Gasteiger partial charge in [0.05, 0.1) is 27.7 Å².